The van der Waals surface area contributed by atoms with E-state index >= 15 is 0 Å². The first-order valence-corrected chi connectivity index (χ1v) is 11.2. The number of hydrogen-bond acceptors (Lipinski definition) is 2. The molecule has 0 aromatic carbocycles. The van der Waals surface area contributed by atoms with Gasteiger partial charge in [0.1, 0.15) is 11.6 Å². The maximum Gasteiger partial charge on any atom is 0.144 e. The Hall–Kier alpha value is -1.18. The minimum Gasteiger partial charge on any atom is -0.299 e. The first-order valence-electron chi connectivity index (χ1n) is 11.2. The highest BCUT2D eigenvalue weighted by Gasteiger charge is 2.48. The lowest BCUT2D eigenvalue weighted by Crippen LogP contribution is -2.21. The molecule has 3 atom stereocenters. The van der Waals surface area contributed by atoms with E-state index in [0.29, 0.717) is 30.3 Å². The summed E-state index contributed by atoms with van der Waals surface area (Å²) in [5.41, 5.74) is 3.11. The summed E-state index contributed by atoms with van der Waals surface area (Å²) in [5.74, 6) is 3.02. The summed E-state index contributed by atoms with van der Waals surface area (Å²) < 4.78 is 0. The molecule has 4 aliphatic carbocycles. The van der Waals surface area contributed by atoms with Crippen LogP contribution in [-0.2, 0) is 9.59 Å². The second-order valence-corrected chi connectivity index (χ2v) is 9.09. The van der Waals surface area contributed by atoms with Gasteiger partial charge in [0, 0.05) is 18.8 Å². The minimum atomic E-state index is 0.231. The summed E-state index contributed by atoms with van der Waals surface area (Å²) in [6, 6.07) is 0. The van der Waals surface area contributed by atoms with Crippen molar-refractivity contribution in [1.29, 1.82) is 0 Å². The van der Waals surface area contributed by atoms with Crippen molar-refractivity contribution in [3.05, 3.63) is 23.3 Å². The van der Waals surface area contributed by atoms with Gasteiger partial charge in [-0.1, -0.05) is 49.0 Å². The maximum atomic E-state index is 12.7. The number of rotatable bonds is 7. The topological polar surface area (TPSA) is 34.1 Å². The van der Waals surface area contributed by atoms with Gasteiger partial charge in [-0.3, -0.25) is 9.59 Å². The van der Waals surface area contributed by atoms with Gasteiger partial charge >= 0.3 is 0 Å². The van der Waals surface area contributed by atoms with E-state index in [1.807, 2.05) is 6.08 Å². The number of ketones is 2. The third kappa shape index (κ3) is 3.89. The molecule has 4 aliphatic rings. The maximum absolute atomic E-state index is 12.7. The average Bonchev–Trinajstić information content (AvgIpc) is 3.15. The highest BCUT2D eigenvalue weighted by molar-refractivity contribution is 5.92. The summed E-state index contributed by atoms with van der Waals surface area (Å²) in [6.07, 6.45) is 20.1. The summed E-state index contributed by atoms with van der Waals surface area (Å²) in [6.45, 7) is 0. The first-order chi connectivity index (χ1) is 12.8. The van der Waals surface area contributed by atoms with Gasteiger partial charge in [0.25, 0.3) is 0 Å². The second kappa shape index (κ2) is 8.23. The summed E-state index contributed by atoms with van der Waals surface area (Å²) in [4.78, 5) is 24.8. The van der Waals surface area contributed by atoms with Gasteiger partial charge in [-0.25, -0.2) is 0 Å². The SMILES string of the molecule is O=C(C/C=C/CCC(=O)C1C2=C1C1CCCCC1CCC2)C1CCCC1. The molecule has 0 spiro atoms. The van der Waals surface area contributed by atoms with Crippen molar-refractivity contribution in [3.63, 3.8) is 0 Å². The van der Waals surface area contributed by atoms with Crippen LogP contribution in [0.5, 0.6) is 0 Å². The van der Waals surface area contributed by atoms with Crippen LogP contribution in [0.25, 0.3) is 0 Å². The van der Waals surface area contributed by atoms with E-state index in [-0.39, 0.29) is 5.92 Å². The van der Waals surface area contributed by atoms with E-state index in [1.54, 1.807) is 5.57 Å². The zero-order valence-corrected chi connectivity index (χ0v) is 16.2. The van der Waals surface area contributed by atoms with Crippen LogP contribution in [0.3, 0.4) is 0 Å². The van der Waals surface area contributed by atoms with Gasteiger partial charge in [-0.05, 0) is 63.2 Å². The van der Waals surface area contributed by atoms with Crippen LogP contribution in [-0.4, -0.2) is 11.6 Å². The highest BCUT2D eigenvalue weighted by Crippen LogP contribution is 2.56. The second-order valence-electron chi connectivity index (χ2n) is 9.09. The Morgan fingerprint density at radius 1 is 0.846 bits per heavy atom. The van der Waals surface area contributed by atoms with E-state index < -0.39 is 0 Å². The molecule has 2 heteroatoms. The molecule has 26 heavy (non-hydrogen) atoms. The van der Waals surface area contributed by atoms with Crippen LogP contribution in [0.4, 0.5) is 0 Å². The molecule has 4 rings (SSSR count). The Kier molecular flexibility index (Phi) is 5.76. The lowest BCUT2D eigenvalue weighted by molar-refractivity contribution is -0.122. The predicted octanol–water partition coefficient (Wildman–Crippen LogP) is 5.96. The third-order valence-corrected chi connectivity index (χ3v) is 7.45. The summed E-state index contributed by atoms with van der Waals surface area (Å²) in [7, 11) is 0. The number of carbonyl (C=O) groups is 2. The Balaban J connectivity index is 1.21. The zero-order valence-electron chi connectivity index (χ0n) is 16.2. The Labute approximate surface area is 158 Å². The predicted molar refractivity (Wildman–Crippen MR) is 105 cm³/mol. The van der Waals surface area contributed by atoms with Gasteiger partial charge in [-0.15, -0.1) is 0 Å². The number of fused-ring (bicyclic) bond motifs is 2. The van der Waals surface area contributed by atoms with E-state index in [9.17, 15) is 9.59 Å². The molecular weight excluding hydrogens is 320 g/mol. The molecule has 0 N–H and O–H groups in total. The van der Waals surface area contributed by atoms with E-state index in [4.69, 9.17) is 0 Å². The van der Waals surface area contributed by atoms with Gasteiger partial charge in [0.05, 0.1) is 5.92 Å². The van der Waals surface area contributed by atoms with E-state index in [1.165, 1.54) is 63.4 Å². The Morgan fingerprint density at radius 2 is 1.58 bits per heavy atom. The Morgan fingerprint density at radius 3 is 2.42 bits per heavy atom. The van der Waals surface area contributed by atoms with Crippen molar-refractivity contribution in [1.82, 2.24) is 0 Å². The first kappa shape index (κ1) is 18.2. The quantitative estimate of drug-likeness (QED) is 0.529. The molecular formula is C24H34O2. The van der Waals surface area contributed by atoms with Crippen molar-refractivity contribution >= 4 is 11.6 Å². The molecule has 2 nitrogen and oxygen atoms in total. The minimum absolute atomic E-state index is 0.231. The van der Waals surface area contributed by atoms with E-state index in [0.717, 1.165) is 31.1 Å². The molecule has 0 aromatic rings. The van der Waals surface area contributed by atoms with Gasteiger partial charge < -0.3 is 0 Å². The van der Waals surface area contributed by atoms with E-state index in [2.05, 4.69) is 6.08 Å². The van der Waals surface area contributed by atoms with Crippen molar-refractivity contribution in [2.24, 2.45) is 23.7 Å². The molecule has 0 aromatic heterocycles. The van der Waals surface area contributed by atoms with Gasteiger partial charge in [0.2, 0.25) is 0 Å². The Bertz CT molecular complexity index is 606. The van der Waals surface area contributed by atoms with Crippen LogP contribution in [0.1, 0.15) is 89.9 Å². The molecule has 0 bridgehead atoms. The fraction of sp³-hybridized carbons (Fsp3) is 0.750. The molecule has 0 heterocycles. The molecule has 2 fully saturated rings. The van der Waals surface area contributed by atoms with Crippen LogP contribution in [0.15, 0.2) is 23.3 Å². The molecule has 2 saturated carbocycles. The molecule has 0 amide bonds. The largest absolute Gasteiger partial charge is 0.299 e. The van der Waals surface area contributed by atoms with Crippen molar-refractivity contribution in [2.75, 3.05) is 0 Å². The lowest BCUT2D eigenvalue weighted by Gasteiger charge is -2.30. The molecule has 0 saturated heterocycles. The molecule has 0 radical (unpaired) electrons. The number of hydrogen-bond donors (Lipinski definition) is 0. The van der Waals surface area contributed by atoms with Crippen molar-refractivity contribution in [2.45, 2.75) is 89.9 Å². The molecule has 3 unspecified atom stereocenters. The molecule has 142 valence electrons. The van der Waals surface area contributed by atoms with Gasteiger partial charge in [-0.2, -0.15) is 0 Å². The standard InChI is InChI=1S/C24H34O2/c25-21(18-10-4-5-11-18)15-2-1-3-16-22(26)24-20-14-8-12-17-9-6-7-13-19(17)23(20)24/h1-2,17-19,24H,3-16H2/b2-1+. The molecule has 0 aliphatic heterocycles. The van der Waals surface area contributed by atoms with Crippen LogP contribution < -0.4 is 0 Å². The normalized spacial score (nSPS) is 31.6. The van der Waals surface area contributed by atoms with Crippen molar-refractivity contribution < 1.29 is 9.59 Å². The fourth-order valence-electron chi connectivity index (χ4n) is 6.01. The smallest absolute Gasteiger partial charge is 0.144 e. The van der Waals surface area contributed by atoms with Crippen molar-refractivity contribution in [3.8, 4) is 0 Å². The average molecular weight is 355 g/mol. The van der Waals surface area contributed by atoms with Crippen LogP contribution >= 0.6 is 0 Å². The highest BCUT2D eigenvalue weighted by atomic mass is 16.1. The third-order valence-electron chi connectivity index (χ3n) is 7.45. The lowest BCUT2D eigenvalue weighted by atomic mass is 9.74. The fourth-order valence-corrected chi connectivity index (χ4v) is 6.01. The number of carbonyl (C=O) groups excluding carboxylic acids is 2. The van der Waals surface area contributed by atoms with Gasteiger partial charge in [0.15, 0.2) is 0 Å². The zero-order chi connectivity index (χ0) is 17.9. The number of allylic oxidation sites excluding steroid dienone is 4. The summed E-state index contributed by atoms with van der Waals surface area (Å²) in [5, 5.41) is 0. The van der Waals surface area contributed by atoms with Crippen LogP contribution in [0, 0.1) is 23.7 Å². The van der Waals surface area contributed by atoms with Crippen LogP contribution in [0.2, 0.25) is 0 Å². The monoisotopic (exact) mass is 354 g/mol. The number of Topliss-reactive ketones (excluding diaryl/α,β-unsaturated/α-hetero) is 2. The summed E-state index contributed by atoms with van der Waals surface area (Å²) >= 11 is 0.